The normalized spacial score (nSPS) is 11.9. The number of carbonyl (C=O) groups is 1. The third-order valence-corrected chi connectivity index (χ3v) is 7.84. The Morgan fingerprint density at radius 3 is 1.90 bits per heavy atom. The van der Waals surface area contributed by atoms with Gasteiger partial charge in [-0.2, -0.15) is 13.2 Å². The molecule has 0 atom stereocenters. The molecule has 4 nitrogen and oxygen atoms in total. The van der Waals surface area contributed by atoms with E-state index in [1.807, 2.05) is 60.7 Å². The van der Waals surface area contributed by atoms with Crippen molar-refractivity contribution in [1.82, 2.24) is 9.80 Å². The summed E-state index contributed by atoms with van der Waals surface area (Å²) in [6, 6.07) is 30.8. The third-order valence-electron chi connectivity index (χ3n) is 7.40. The van der Waals surface area contributed by atoms with Crippen molar-refractivity contribution in [3.8, 4) is 5.75 Å². The number of hydrogen-bond acceptors (Lipinski definition) is 3. The molecule has 4 rings (SSSR count). The van der Waals surface area contributed by atoms with E-state index < -0.39 is 17.3 Å². The van der Waals surface area contributed by atoms with Gasteiger partial charge < -0.3 is 9.64 Å². The summed E-state index contributed by atoms with van der Waals surface area (Å²) >= 11 is 6.38. The highest BCUT2D eigenvalue weighted by Crippen LogP contribution is 2.40. The van der Waals surface area contributed by atoms with Crippen LogP contribution in [0.4, 0.5) is 13.2 Å². The first-order valence-corrected chi connectivity index (χ1v) is 14.0. The quantitative estimate of drug-likeness (QED) is 0.164. The van der Waals surface area contributed by atoms with Gasteiger partial charge in [-0.1, -0.05) is 84.4 Å². The van der Waals surface area contributed by atoms with Crippen LogP contribution in [0.2, 0.25) is 5.02 Å². The van der Waals surface area contributed by atoms with Crippen LogP contribution in [0.15, 0.2) is 103 Å². The van der Waals surface area contributed by atoms with Crippen molar-refractivity contribution in [3.05, 3.63) is 136 Å². The van der Waals surface area contributed by atoms with Crippen LogP contribution in [0.3, 0.4) is 0 Å². The number of benzene rings is 4. The van der Waals surface area contributed by atoms with Gasteiger partial charge in [-0.25, -0.2) is 0 Å². The zero-order valence-electron chi connectivity index (χ0n) is 23.9. The predicted octanol–water partition coefficient (Wildman–Crippen LogP) is 8.30. The van der Waals surface area contributed by atoms with Gasteiger partial charge in [0, 0.05) is 32.7 Å². The molecule has 8 heteroatoms. The molecule has 0 spiro atoms. The molecule has 0 aliphatic heterocycles. The van der Waals surface area contributed by atoms with E-state index in [0.29, 0.717) is 36.4 Å². The lowest BCUT2D eigenvalue weighted by Gasteiger charge is -2.43. The predicted molar refractivity (Wildman–Crippen MR) is 161 cm³/mol. The lowest BCUT2D eigenvalue weighted by Crippen LogP contribution is -2.45. The van der Waals surface area contributed by atoms with Crippen molar-refractivity contribution >= 4 is 17.5 Å². The Balaban J connectivity index is 1.63. The molecule has 0 unspecified atom stereocenters. The summed E-state index contributed by atoms with van der Waals surface area (Å²) in [7, 11) is 3.40. The summed E-state index contributed by atoms with van der Waals surface area (Å²) in [5.74, 6) is 0.540. The van der Waals surface area contributed by atoms with Crippen molar-refractivity contribution in [3.63, 3.8) is 0 Å². The monoisotopic (exact) mass is 594 g/mol. The van der Waals surface area contributed by atoms with E-state index in [0.717, 1.165) is 17.2 Å². The van der Waals surface area contributed by atoms with Gasteiger partial charge in [0.2, 0.25) is 0 Å². The number of carbonyl (C=O) groups excluding carboxylic acids is 1. The Morgan fingerprint density at radius 1 is 0.810 bits per heavy atom. The van der Waals surface area contributed by atoms with Gasteiger partial charge in [-0.3, -0.25) is 9.69 Å². The molecular weight excluding hydrogens is 561 g/mol. The maximum atomic E-state index is 13.7. The fraction of sp³-hybridized carbons (Fsp3) is 0.265. The number of nitrogens with zero attached hydrogens (tertiary/aromatic N) is 2. The van der Waals surface area contributed by atoms with Crippen LogP contribution < -0.4 is 4.74 Å². The first kappa shape index (κ1) is 31.1. The van der Waals surface area contributed by atoms with Gasteiger partial charge >= 0.3 is 6.18 Å². The topological polar surface area (TPSA) is 32.8 Å². The minimum absolute atomic E-state index is 0.0912. The molecule has 0 radical (unpaired) electrons. The molecule has 0 bridgehead atoms. The summed E-state index contributed by atoms with van der Waals surface area (Å²) in [5.41, 5.74) is 1.43. The number of rotatable bonds is 11. The van der Waals surface area contributed by atoms with Crippen molar-refractivity contribution in [1.29, 1.82) is 0 Å². The maximum absolute atomic E-state index is 13.7. The van der Waals surface area contributed by atoms with Gasteiger partial charge in [0.05, 0.1) is 22.7 Å². The first-order chi connectivity index (χ1) is 20.0. The van der Waals surface area contributed by atoms with Crippen molar-refractivity contribution < 1.29 is 22.7 Å². The van der Waals surface area contributed by atoms with E-state index in [9.17, 15) is 18.0 Å². The lowest BCUT2D eigenvalue weighted by molar-refractivity contribution is -0.137. The van der Waals surface area contributed by atoms with Gasteiger partial charge in [0.15, 0.2) is 0 Å². The molecule has 0 N–H and O–H groups in total. The number of ether oxygens (including phenoxy) is 1. The zero-order chi connectivity index (χ0) is 30.3. The zero-order valence-corrected chi connectivity index (χ0v) is 24.6. The summed E-state index contributed by atoms with van der Waals surface area (Å²) in [6.45, 7) is 3.14. The van der Waals surface area contributed by atoms with Crippen molar-refractivity contribution in [2.24, 2.45) is 0 Å². The van der Waals surface area contributed by atoms with Crippen LogP contribution >= 0.6 is 11.6 Å². The lowest BCUT2D eigenvalue weighted by atomic mass is 9.82. The maximum Gasteiger partial charge on any atom is 0.417 e. The molecule has 0 saturated heterocycles. The molecule has 4 aromatic rings. The smallest absolute Gasteiger partial charge is 0.417 e. The second-order valence-electron chi connectivity index (χ2n) is 10.4. The molecule has 0 fully saturated rings. The first-order valence-electron chi connectivity index (χ1n) is 13.7. The highest BCUT2D eigenvalue weighted by Gasteiger charge is 2.37. The Kier molecular flexibility index (Phi) is 9.97. The molecular formula is C34H34ClF3N2O2. The molecule has 0 saturated carbocycles. The molecule has 0 heterocycles. The third kappa shape index (κ3) is 7.15. The average molecular weight is 595 g/mol. The van der Waals surface area contributed by atoms with E-state index in [1.165, 1.54) is 11.0 Å². The summed E-state index contributed by atoms with van der Waals surface area (Å²) in [4.78, 5) is 15.8. The van der Waals surface area contributed by atoms with Crippen LogP contribution in [0, 0.1) is 0 Å². The molecule has 0 aromatic heterocycles. The second-order valence-corrected chi connectivity index (χ2v) is 10.8. The van der Waals surface area contributed by atoms with E-state index in [2.05, 4.69) is 11.8 Å². The standard InChI is InChI=1S/C34H34ClF3N2O2/c1-33(27-13-6-4-7-14-27,28-15-8-5-9-16-28)40(24-26-12-10-17-30(31(26)35)34(36,37)38)22-11-23-42-29-20-18-25(19-21-29)32(41)39(2)3/h4-10,12-21H,11,22-24H2,1-3H3. The minimum atomic E-state index is -4.55. The van der Waals surface area contributed by atoms with Gasteiger partial charge in [0.1, 0.15) is 5.75 Å². The number of hydrogen-bond donors (Lipinski definition) is 0. The molecule has 4 aromatic carbocycles. The molecule has 1 amide bonds. The highest BCUT2D eigenvalue weighted by molar-refractivity contribution is 6.32. The van der Waals surface area contributed by atoms with Crippen LogP contribution in [0.5, 0.6) is 5.75 Å². The van der Waals surface area contributed by atoms with Crippen LogP contribution in [0.25, 0.3) is 0 Å². The fourth-order valence-corrected chi connectivity index (χ4v) is 5.33. The van der Waals surface area contributed by atoms with Crippen molar-refractivity contribution in [2.45, 2.75) is 31.6 Å². The number of amides is 1. The van der Waals surface area contributed by atoms with Crippen LogP contribution in [-0.4, -0.2) is 43.0 Å². The number of alkyl halides is 3. The SMILES string of the molecule is CN(C)C(=O)c1ccc(OCCCN(Cc2cccc(C(F)(F)F)c2Cl)C(C)(c2ccccc2)c2ccccc2)cc1. The average Bonchev–Trinajstić information content (AvgIpc) is 2.99. The Hall–Kier alpha value is -3.81. The minimum Gasteiger partial charge on any atom is -0.494 e. The summed E-state index contributed by atoms with van der Waals surface area (Å²) in [6.07, 6.45) is -3.97. The largest absolute Gasteiger partial charge is 0.494 e. The van der Waals surface area contributed by atoms with Crippen LogP contribution in [-0.2, 0) is 18.3 Å². The van der Waals surface area contributed by atoms with Crippen LogP contribution in [0.1, 0.15) is 46.0 Å². The van der Waals surface area contributed by atoms with Gasteiger partial charge in [-0.05, 0) is 60.4 Å². The van der Waals surface area contributed by atoms with Gasteiger partial charge in [-0.15, -0.1) is 0 Å². The molecule has 0 aliphatic carbocycles. The van der Waals surface area contributed by atoms with Gasteiger partial charge in [0.25, 0.3) is 5.91 Å². The fourth-order valence-electron chi connectivity index (χ4n) is 5.04. The number of halogens is 4. The summed E-state index contributed by atoms with van der Waals surface area (Å²) < 4.78 is 47.1. The second kappa shape index (κ2) is 13.4. The highest BCUT2D eigenvalue weighted by atomic mass is 35.5. The van der Waals surface area contributed by atoms with E-state index in [4.69, 9.17) is 16.3 Å². The Morgan fingerprint density at radius 2 is 1.38 bits per heavy atom. The van der Waals surface area contributed by atoms with Crippen molar-refractivity contribution in [2.75, 3.05) is 27.2 Å². The molecule has 0 aliphatic rings. The molecule has 220 valence electrons. The Bertz CT molecular complexity index is 1420. The molecule has 42 heavy (non-hydrogen) atoms. The Labute approximate surface area is 250 Å². The summed E-state index contributed by atoms with van der Waals surface area (Å²) in [5, 5.41) is -0.290. The van der Waals surface area contributed by atoms with E-state index in [-0.39, 0.29) is 17.5 Å². The van der Waals surface area contributed by atoms with E-state index in [1.54, 1.807) is 44.4 Å². The van der Waals surface area contributed by atoms with E-state index >= 15 is 0 Å².